The summed E-state index contributed by atoms with van der Waals surface area (Å²) in [7, 11) is 1.70. The molecule has 0 aliphatic heterocycles. The highest BCUT2D eigenvalue weighted by atomic mass is 32.2. The number of methoxy groups -OCH3 is 1. The summed E-state index contributed by atoms with van der Waals surface area (Å²) in [6.45, 7) is 4.81. The van der Waals surface area contributed by atoms with Gasteiger partial charge in [-0.05, 0) is 37.3 Å². The molecule has 3 nitrogen and oxygen atoms in total. The lowest BCUT2D eigenvalue weighted by atomic mass is 10.1. The number of rotatable bonds is 8. The van der Waals surface area contributed by atoms with Crippen LogP contribution in [0, 0.1) is 0 Å². The summed E-state index contributed by atoms with van der Waals surface area (Å²) in [6, 6.07) is 6.46. The van der Waals surface area contributed by atoms with Gasteiger partial charge in [-0.1, -0.05) is 19.4 Å². The maximum Gasteiger partial charge on any atom is 0.132 e. The highest BCUT2D eigenvalue weighted by Gasteiger charge is 2.10. The third kappa shape index (κ3) is 5.05. The van der Waals surface area contributed by atoms with Crippen molar-refractivity contribution in [3.8, 4) is 5.75 Å². The second-order valence-electron chi connectivity index (χ2n) is 4.69. The van der Waals surface area contributed by atoms with Gasteiger partial charge in [0.2, 0.25) is 0 Å². The maximum atomic E-state index is 9.74. The van der Waals surface area contributed by atoms with Crippen LogP contribution in [0.5, 0.6) is 5.75 Å². The zero-order valence-corrected chi connectivity index (χ0v) is 13.1. The van der Waals surface area contributed by atoms with E-state index in [2.05, 4.69) is 37.4 Å². The zero-order valence-electron chi connectivity index (χ0n) is 12.3. The molecule has 1 aromatic rings. The zero-order chi connectivity index (χ0) is 14.3. The molecule has 0 aromatic heterocycles. The van der Waals surface area contributed by atoms with Crippen molar-refractivity contribution in [1.82, 2.24) is 5.32 Å². The Morgan fingerprint density at radius 3 is 2.74 bits per heavy atom. The Hall–Kier alpha value is -0.710. The molecule has 0 aliphatic rings. The van der Waals surface area contributed by atoms with Gasteiger partial charge < -0.3 is 15.2 Å². The Morgan fingerprint density at radius 2 is 2.16 bits per heavy atom. The third-order valence-electron chi connectivity index (χ3n) is 3.19. The molecule has 0 saturated carbocycles. The van der Waals surface area contributed by atoms with Gasteiger partial charge in [-0.15, -0.1) is 11.8 Å². The van der Waals surface area contributed by atoms with Crippen LogP contribution in [-0.2, 0) is 0 Å². The molecule has 0 bridgehead atoms. The summed E-state index contributed by atoms with van der Waals surface area (Å²) in [4.78, 5) is 1.14. The number of ether oxygens (including phenoxy) is 1. The van der Waals surface area contributed by atoms with E-state index >= 15 is 0 Å². The number of thioether (sulfide) groups is 1. The molecule has 1 rings (SSSR count). The lowest BCUT2D eigenvalue weighted by Gasteiger charge is -2.18. The minimum Gasteiger partial charge on any atom is -0.496 e. The van der Waals surface area contributed by atoms with Crippen LogP contribution in [0.3, 0.4) is 0 Å². The first-order chi connectivity index (χ1) is 9.12. The lowest BCUT2D eigenvalue weighted by Crippen LogP contribution is -2.28. The molecule has 2 N–H and O–H groups in total. The molecule has 0 aliphatic carbocycles. The summed E-state index contributed by atoms with van der Waals surface area (Å²) in [6.07, 6.45) is 3.63. The van der Waals surface area contributed by atoms with Crippen LogP contribution in [0.25, 0.3) is 0 Å². The van der Waals surface area contributed by atoms with Gasteiger partial charge in [0.25, 0.3) is 0 Å². The van der Waals surface area contributed by atoms with Gasteiger partial charge in [0.15, 0.2) is 0 Å². The van der Waals surface area contributed by atoms with Crippen molar-refractivity contribution in [2.24, 2.45) is 0 Å². The largest absolute Gasteiger partial charge is 0.496 e. The van der Waals surface area contributed by atoms with Gasteiger partial charge in [0.1, 0.15) is 5.75 Å². The van der Waals surface area contributed by atoms with Gasteiger partial charge in [-0.2, -0.15) is 0 Å². The second-order valence-corrected chi connectivity index (χ2v) is 5.53. The highest BCUT2D eigenvalue weighted by molar-refractivity contribution is 7.98. The number of aliphatic hydroxyl groups is 1. The van der Waals surface area contributed by atoms with Crippen LogP contribution >= 0.6 is 11.8 Å². The van der Waals surface area contributed by atoms with Crippen molar-refractivity contribution < 1.29 is 9.84 Å². The Balaban J connectivity index is 2.64. The molecule has 0 fully saturated rings. The quantitative estimate of drug-likeness (QED) is 0.719. The van der Waals surface area contributed by atoms with Crippen molar-refractivity contribution in [2.45, 2.75) is 43.7 Å². The normalized spacial score (nSPS) is 14.2. The van der Waals surface area contributed by atoms with Crippen LogP contribution in [-0.4, -0.2) is 31.1 Å². The van der Waals surface area contributed by atoms with Crippen molar-refractivity contribution in [3.63, 3.8) is 0 Å². The molecule has 2 unspecified atom stereocenters. The van der Waals surface area contributed by atoms with Crippen molar-refractivity contribution >= 4 is 11.8 Å². The SMILES string of the molecule is CCCC(O)CNC(C)c1ccc(SC)c(OC)c1. The Bertz CT molecular complexity index is 384. The minimum absolute atomic E-state index is 0.205. The van der Waals surface area contributed by atoms with Gasteiger partial charge in [-0.3, -0.25) is 0 Å². The maximum absolute atomic E-state index is 9.74. The molecule has 108 valence electrons. The van der Waals surface area contributed by atoms with E-state index in [9.17, 15) is 5.11 Å². The van der Waals surface area contributed by atoms with E-state index < -0.39 is 0 Å². The van der Waals surface area contributed by atoms with Crippen molar-refractivity contribution in [2.75, 3.05) is 19.9 Å². The molecular weight excluding hydrogens is 258 g/mol. The van der Waals surface area contributed by atoms with E-state index in [1.807, 2.05) is 6.26 Å². The predicted octanol–water partition coefficient (Wildman–Crippen LogP) is 3.23. The fraction of sp³-hybridized carbons (Fsp3) is 0.600. The molecular formula is C15H25NO2S. The smallest absolute Gasteiger partial charge is 0.132 e. The molecule has 19 heavy (non-hydrogen) atoms. The van der Waals surface area contributed by atoms with Crippen molar-refractivity contribution in [3.05, 3.63) is 23.8 Å². The first kappa shape index (κ1) is 16.3. The van der Waals surface area contributed by atoms with E-state index in [0.717, 1.165) is 23.5 Å². The van der Waals surface area contributed by atoms with Crippen LogP contribution < -0.4 is 10.1 Å². The lowest BCUT2D eigenvalue weighted by molar-refractivity contribution is 0.157. The summed E-state index contributed by atoms with van der Waals surface area (Å²) in [5.74, 6) is 0.910. The Kier molecular flexibility index (Phi) is 7.28. The van der Waals surface area contributed by atoms with E-state index in [0.29, 0.717) is 6.54 Å². The molecule has 4 heteroatoms. The minimum atomic E-state index is -0.264. The van der Waals surface area contributed by atoms with Gasteiger partial charge in [-0.25, -0.2) is 0 Å². The molecule has 2 atom stereocenters. The molecule has 0 spiro atoms. The number of benzene rings is 1. The monoisotopic (exact) mass is 283 g/mol. The number of hydrogen-bond donors (Lipinski definition) is 2. The van der Waals surface area contributed by atoms with E-state index in [4.69, 9.17) is 4.74 Å². The van der Waals surface area contributed by atoms with Crippen molar-refractivity contribution in [1.29, 1.82) is 0 Å². The topological polar surface area (TPSA) is 41.5 Å². The molecule has 0 saturated heterocycles. The Morgan fingerprint density at radius 1 is 1.42 bits per heavy atom. The molecule has 0 amide bonds. The second kappa shape index (κ2) is 8.46. The van der Waals surface area contributed by atoms with Crippen LogP contribution in [0.2, 0.25) is 0 Å². The third-order valence-corrected chi connectivity index (χ3v) is 3.97. The van der Waals surface area contributed by atoms with Gasteiger partial charge in [0.05, 0.1) is 13.2 Å². The molecule has 1 aromatic carbocycles. The summed E-state index contributed by atoms with van der Waals surface area (Å²) in [5, 5.41) is 13.1. The molecule has 0 heterocycles. The van der Waals surface area contributed by atoms with Crippen LogP contribution in [0.1, 0.15) is 38.3 Å². The number of aliphatic hydroxyl groups excluding tert-OH is 1. The summed E-state index contributed by atoms with van der Waals surface area (Å²) < 4.78 is 5.39. The van der Waals surface area contributed by atoms with E-state index in [1.165, 1.54) is 5.56 Å². The first-order valence-corrected chi connectivity index (χ1v) is 7.98. The fourth-order valence-electron chi connectivity index (χ4n) is 1.99. The fourth-order valence-corrected chi connectivity index (χ4v) is 2.54. The standard InChI is InChI=1S/C15H25NO2S/c1-5-6-13(17)10-16-11(2)12-7-8-15(19-4)14(9-12)18-3/h7-9,11,13,16-17H,5-6,10H2,1-4H3. The predicted molar refractivity (Wildman–Crippen MR) is 82.1 cm³/mol. The highest BCUT2D eigenvalue weighted by Crippen LogP contribution is 2.30. The van der Waals surface area contributed by atoms with Crippen LogP contribution in [0.15, 0.2) is 23.1 Å². The van der Waals surface area contributed by atoms with Gasteiger partial charge in [0, 0.05) is 17.5 Å². The van der Waals surface area contributed by atoms with Crippen LogP contribution in [0.4, 0.5) is 0 Å². The number of hydrogen-bond acceptors (Lipinski definition) is 4. The van der Waals surface area contributed by atoms with Gasteiger partial charge >= 0.3 is 0 Å². The molecule has 0 radical (unpaired) electrons. The Labute approximate surface area is 120 Å². The average Bonchev–Trinajstić information content (AvgIpc) is 2.44. The van der Waals surface area contributed by atoms with E-state index in [-0.39, 0.29) is 12.1 Å². The number of nitrogens with one attached hydrogen (secondary N) is 1. The van der Waals surface area contributed by atoms with E-state index in [1.54, 1.807) is 18.9 Å². The average molecular weight is 283 g/mol. The summed E-state index contributed by atoms with van der Waals surface area (Å²) >= 11 is 1.68. The first-order valence-electron chi connectivity index (χ1n) is 6.75. The summed E-state index contributed by atoms with van der Waals surface area (Å²) in [5.41, 5.74) is 1.18.